The highest BCUT2D eigenvalue weighted by molar-refractivity contribution is 7.91. The highest BCUT2D eigenvalue weighted by atomic mass is 32.2. The molecule has 3 rings (SSSR count). The molecule has 0 spiro atoms. The molecule has 1 aromatic heterocycles. The lowest BCUT2D eigenvalue weighted by Gasteiger charge is -2.33. The Kier molecular flexibility index (Phi) is 6.57. The van der Waals surface area contributed by atoms with Gasteiger partial charge in [-0.05, 0) is 39.8 Å². The third kappa shape index (κ3) is 5.32. The van der Waals surface area contributed by atoms with E-state index in [-0.39, 0.29) is 41.2 Å². The molecule has 1 aromatic carbocycles. The number of aromatic nitrogens is 2. The molecule has 1 fully saturated rings. The average Bonchev–Trinajstić information content (AvgIpc) is 2.68. The van der Waals surface area contributed by atoms with Gasteiger partial charge in [-0.3, -0.25) is 9.36 Å². The van der Waals surface area contributed by atoms with Crippen molar-refractivity contribution in [2.24, 2.45) is 11.4 Å². The SMILES string of the molecule is CC(=N[S@+]([O-])C(C)(C)C)c1cc(C(F)(F)F)cc2c(=O)n(C)c(N3CCC(F)(F)CC3)nc12. The minimum absolute atomic E-state index is 0.0243. The topological polar surface area (TPSA) is 73.6 Å². The minimum Gasteiger partial charge on any atom is -0.591 e. The molecule has 2 aromatic rings. The Hall–Kier alpha value is -2.21. The molecule has 1 atom stereocenters. The summed E-state index contributed by atoms with van der Waals surface area (Å²) in [6.45, 7) is 6.29. The molecule has 0 bridgehead atoms. The summed E-state index contributed by atoms with van der Waals surface area (Å²) in [5.74, 6) is -2.74. The van der Waals surface area contributed by atoms with Crippen molar-refractivity contribution in [2.75, 3.05) is 18.0 Å². The van der Waals surface area contributed by atoms with Gasteiger partial charge >= 0.3 is 6.18 Å². The van der Waals surface area contributed by atoms with Crippen molar-refractivity contribution >= 4 is 33.9 Å². The zero-order valence-corrected chi connectivity index (χ0v) is 19.7. The number of hydrogen-bond donors (Lipinski definition) is 0. The normalized spacial score (nSPS) is 18.6. The lowest BCUT2D eigenvalue weighted by molar-refractivity contribution is -0.137. The molecule has 12 heteroatoms. The lowest BCUT2D eigenvalue weighted by atomic mass is 10.0. The van der Waals surface area contributed by atoms with Gasteiger partial charge in [-0.2, -0.15) is 13.2 Å². The number of hydrogen-bond acceptors (Lipinski definition) is 5. The Labute approximate surface area is 190 Å². The number of anilines is 1. The fourth-order valence-corrected chi connectivity index (χ4v) is 4.05. The third-order valence-electron chi connectivity index (χ3n) is 5.40. The summed E-state index contributed by atoms with van der Waals surface area (Å²) in [7, 11) is 1.34. The van der Waals surface area contributed by atoms with Gasteiger partial charge in [-0.25, -0.2) is 13.8 Å². The van der Waals surface area contributed by atoms with Crippen LogP contribution in [0.5, 0.6) is 0 Å². The highest BCUT2D eigenvalue weighted by Gasteiger charge is 2.36. The number of rotatable bonds is 3. The fourth-order valence-electron chi connectivity index (χ4n) is 3.43. The van der Waals surface area contributed by atoms with E-state index in [2.05, 4.69) is 9.38 Å². The second-order valence-electron chi connectivity index (χ2n) is 9.07. The van der Waals surface area contributed by atoms with Crippen molar-refractivity contribution in [1.82, 2.24) is 9.55 Å². The summed E-state index contributed by atoms with van der Waals surface area (Å²) in [5.41, 5.74) is -1.92. The Bertz CT molecular complexity index is 1140. The van der Waals surface area contributed by atoms with Gasteiger partial charge in [-0.1, -0.05) is 4.40 Å². The zero-order chi connectivity index (χ0) is 24.9. The molecule has 1 saturated heterocycles. The molecule has 1 aliphatic rings. The van der Waals surface area contributed by atoms with Gasteiger partial charge < -0.3 is 9.45 Å². The summed E-state index contributed by atoms with van der Waals surface area (Å²) in [4.78, 5) is 19.0. The van der Waals surface area contributed by atoms with E-state index in [4.69, 9.17) is 0 Å². The van der Waals surface area contributed by atoms with Gasteiger partial charge in [0.05, 0.1) is 22.2 Å². The van der Waals surface area contributed by atoms with Crippen LogP contribution in [0.1, 0.15) is 51.7 Å². The Balaban J connectivity index is 2.26. The van der Waals surface area contributed by atoms with E-state index in [1.807, 2.05) is 0 Å². The van der Waals surface area contributed by atoms with E-state index in [0.717, 1.165) is 16.7 Å². The third-order valence-corrected chi connectivity index (χ3v) is 6.88. The van der Waals surface area contributed by atoms with Crippen molar-refractivity contribution in [3.8, 4) is 0 Å². The number of fused-ring (bicyclic) bond motifs is 1. The quantitative estimate of drug-likeness (QED) is 0.360. The molecule has 6 nitrogen and oxygen atoms in total. The predicted octanol–water partition coefficient (Wildman–Crippen LogP) is 4.46. The molecule has 0 aliphatic carbocycles. The smallest absolute Gasteiger partial charge is 0.416 e. The van der Waals surface area contributed by atoms with Crippen LogP contribution >= 0.6 is 0 Å². The van der Waals surface area contributed by atoms with E-state index in [1.165, 1.54) is 18.9 Å². The van der Waals surface area contributed by atoms with Crippen LogP contribution in [0.2, 0.25) is 0 Å². The molecule has 33 heavy (non-hydrogen) atoms. The zero-order valence-electron chi connectivity index (χ0n) is 18.9. The molecular formula is C21H25F5N4O2S. The van der Waals surface area contributed by atoms with E-state index in [1.54, 1.807) is 20.8 Å². The molecule has 1 aliphatic heterocycles. The molecule has 0 saturated carbocycles. The van der Waals surface area contributed by atoms with Crippen molar-refractivity contribution in [2.45, 2.75) is 57.4 Å². The van der Waals surface area contributed by atoms with Gasteiger partial charge in [-0.15, -0.1) is 0 Å². The van der Waals surface area contributed by atoms with E-state index in [9.17, 15) is 31.3 Å². The lowest BCUT2D eigenvalue weighted by Crippen LogP contribution is -2.42. The number of benzene rings is 1. The van der Waals surface area contributed by atoms with E-state index >= 15 is 0 Å². The van der Waals surface area contributed by atoms with Crippen LogP contribution in [-0.4, -0.2) is 43.6 Å². The van der Waals surface area contributed by atoms with Crippen LogP contribution in [0.4, 0.5) is 27.9 Å². The monoisotopic (exact) mass is 492 g/mol. The van der Waals surface area contributed by atoms with Crippen LogP contribution in [0.3, 0.4) is 0 Å². The summed E-state index contributed by atoms with van der Waals surface area (Å²) >= 11 is -1.76. The molecule has 0 amide bonds. The van der Waals surface area contributed by atoms with Gasteiger partial charge in [0, 0.05) is 38.5 Å². The van der Waals surface area contributed by atoms with Gasteiger partial charge in [0.25, 0.3) is 11.5 Å². The van der Waals surface area contributed by atoms with E-state index in [0.29, 0.717) is 0 Å². The van der Waals surface area contributed by atoms with Crippen LogP contribution in [-0.2, 0) is 24.6 Å². The first-order chi connectivity index (χ1) is 15.0. The summed E-state index contributed by atoms with van der Waals surface area (Å²) in [6.07, 6.45) is -5.59. The van der Waals surface area contributed by atoms with Crippen molar-refractivity contribution < 1.29 is 26.5 Å². The molecule has 0 radical (unpaired) electrons. The second kappa shape index (κ2) is 8.53. The Morgan fingerprint density at radius 2 is 1.76 bits per heavy atom. The summed E-state index contributed by atoms with van der Waals surface area (Å²) < 4.78 is 84.8. The molecule has 2 heterocycles. The van der Waals surface area contributed by atoms with Crippen LogP contribution in [0, 0.1) is 0 Å². The van der Waals surface area contributed by atoms with Crippen molar-refractivity contribution in [1.29, 1.82) is 0 Å². The maximum absolute atomic E-state index is 13.6. The first-order valence-electron chi connectivity index (χ1n) is 10.2. The van der Waals surface area contributed by atoms with Crippen LogP contribution in [0.15, 0.2) is 21.3 Å². The van der Waals surface area contributed by atoms with Crippen LogP contribution in [0.25, 0.3) is 10.9 Å². The molecule has 0 N–H and O–H groups in total. The number of piperidine rings is 1. The van der Waals surface area contributed by atoms with Crippen LogP contribution < -0.4 is 10.5 Å². The maximum atomic E-state index is 13.6. The number of alkyl halides is 5. The minimum atomic E-state index is -4.74. The summed E-state index contributed by atoms with van der Waals surface area (Å²) in [6, 6.07) is 1.54. The van der Waals surface area contributed by atoms with Gasteiger partial charge in [0.2, 0.25) is 5.95 Å². The number of halogens is 5. The molecular weight excluding hydrogens is 467 g/mol. The van der Waals surface area contributed by atoms with Crippen molar-refractivity contribution in [3.63, 3.8) is 0 Å². The van der Waals surface area contributed by atoms with Gasteiger partial charge in [0.15, 0.2) is 0 Å². The standard InChI is InChI=1S/C21H25F5N4O2S/c1-12(28-33(32)19(2,3)4)14-10-13(21(24,25)26)11-15-16(14)27-18(29(5)17(15)31)30-8-6-20(22,23)7-9-30/h10-11H,6-9H2,1-5H3/t33-/m1/s1. The first-order valence-corrected chi connectivity index (χ1v) is 11.3. The average molecular weight is 493 g/mol. The largest absolute Gasteiger partial charge is 0.591 e. The maximum Gasteiger partial charge on any atom is 0.416 e. The fraction of sp³-hybridized carbons (Fsp3) is 0.571. The predicted molar refractivity (Wildman–Crippen MR) is 118 cm³/mol. The van der Waals surface area contributed by atoms with Gasteiger partial charge in [0.1, 0.15) is 16.1 Å². The summed E-state index contributed by atoms with van der Waals surface area (Å²) in [5, 5.41) is -0.287. The Morgan fingerprint density at radius 1 is 1.18 bits per heavy atom. The molecule has 182 valence electrons. The molecule has 0 unspecified atom stereocenters. The Morgan fingerprint density at radius 3 is 2.27 bits per heavy atom. The number of nitrogens with zero attached hydrogens (tertiary/aromatic N) is 4. The second-order valence-corrected chi connectivity index (χ2v) is 11.0. The van der Waals surface area contributed by atoms with Crippen molar-refractivity contribution in [3.05, 3.63) is 33.6 Å². The first kappa shape index (κ1) is 25.4. The highest BCUT2D eigenvalue weighted by Crippen LogP contribution is 2.34. The van der Waals surface area contributed by atoms with E-state index < -0.39 is 52.2 Å².